The van der Waals surface area contributed by atoms with Crippen LogP contribution in [-0.2, 0) is 14.6 Å². The molecule has 1 aromatic heterocycles. The smallest absolute Gasteiger partial charge is 0.232 e. The van der Waals surface area contributed by atoms with E-state index in [0.29, 0.717) is 28.1 Å². The van der Waals surface area contributed by atoms with Gasteiger partial charge in [0.1, 0.15) is 5.52 Å². The first-order valence-corrected chi connectivity index (χ1v) is 9.88. The molecule has 1 heterocycles. The second kappa shape index (κ2) is 7.91. The van der Waals surface area contributed by atoms with Crippen molar-refractivity contribution in [3.8, 4) is 0 Å². The maximum absolute atomic E-state index is 11.9. The summed E-state index contributed by atoms with van der Waals surface area (Å²) in [5.41, 5.74) is 1.78. The summed E-state index contributed by atoms with van der Waals surface area (Å²) in [6, 6.07) is 10.9. The Balaban J connectivity index is 1.81. The van der Waals surface area contributed by atoms with Crippen molar-refractivity contribution in [3.05, 3.63) is 59.6 Å². The van der Waals surface area contributed by atoms with Crippen LogP contribution in [0.25, 0.3) is 16.7 Å². The van der Waals surface area contributed by atoms with E-state index in [-0.39, 0.29) is 22.1 Å². The zero-order chi connectivity index (χ0) is 19.4. The Kier molecular flexibility index (Phi) is 5.59. The molecule has 0 radical (unpaired) electrons. The van der Waals surface area contributed by atoms with E-state index in [0.717, 1.165) is 0 Å². The number of aromatic nitrogens is 1. The number of oxazole rings is 1. The molecule has 9 heteroatoms. The van der Waals surface area contributed by atoms with E-state index in [2.05, 4.69) is 10.3 Å². The van der Waals surface area contributed by atoms with Crippen molar-refractivity contribution in [3.63, 3.8) is 0 Å². The van der Waals surface area contributed by atoms with Crippen LogP contribution in [0.4, 0.5) is 5.69 Å². The standard InChI is InChI=1S/C18H15ClN2O5S/c19-13-1-6-17-16(9-13)21-18(26-17)12(11-23)10-20-14-2-4-15(5-3-14)27(24,25)8-7-22/h1-6,9-11,20,22H,7-8H2/b12-10+. The molecular formula is C18H15ClN2O5S. The van der Waals surface area contributed by atoms with Crippen LogP contribution in [0.3, 0.4) is 0 Å². The lowest BCUT2D eigenvalue weighted by Gasteiger charge is -2.05. The summed E-state index contributed by atoms with van der Waals surface area (Å²) >= 11 is 5.91. The number of sulfone groups is 1. The van der Waals surface area contributed by atoms with Crippen LogP contribution in [0.2, 0.25) is 5.02 Å². The van der Waals surface area contributed by atoms with Crippen LogP contribution in [0, 0.1) is 0 Å². The lowest BCUT2D eigenvalue weighted by molar-refractivity contribution is -0.103. The van der Waals surface area contributed by atoms with Crippen LogP contribution in [0.15, 0.2) is 58.0 Å². The summed E-state index contributed by atoms with van der Waals surface area (Å²) < 4.78 is 29.3. The summed E-state index contributed by atoms with van der Waals surface area (Å²) in [7, 11) is -3.51. The maximum atomic E-state index is 11.9. The van der Waals surface area contributed by atoms with Crippen LogP contribution < -0.4 is 5.32 Å². The van der Waals surface area contributed by atoms with E-state index in [4.69, 9.17) is 21.1 Å². The number of aliphatic hydroxyl groups excluding tert-OH is 1. The molecule has 0 saturated heterocycles. The van der Waals surface area contributed by atoms with E-state index in [9.17, 15) is 13.2 Å². The number of nitrogens with one attached hydrogen (secondary N) is 1. The normalized spacial score (nSPS) is 12.3. The molecule has 3 aromatic rings. The highest BCUT2D eigenvalue weighted by Crippen LogP contribution is 2.23. The summed E-state index contributed by atoms with van der Waals surface area (Å²) in [4.78, 5) is 15.7. The number of hydrogen-bond donors (Lipinski definition) is 2. The van der Waals surface area contributed by atoms with Gasteiger partial charge in [-0.15, -0.1) is 0 Å². The molecule has 0 aliphatic rings. The minimum atomic E-state index is -3.51. The van der Waals surface area contributed by atoms with Crippen molar-refractivity contribution in [1.29, 1.82) is 0 Å². The van der Waals surface area contributed by atoms with Gasteiger partial charge in [-0.05, 0) is 42.5 Å². The van der Waals surface area contributed by atoms with Gasteiger partial charge in [0, 0.05) is 16.9 Å². The van der Waals surface area contributed by atoms with Gasteiger partial charge >= 0.3 is 0 Å². The lowest BCUT2D eigenvalue weighted by Crippen LogP contribution is -2.09. The van der Waals surface area contributed by atoms with E-state index in [1.165, 1.54) is 18.3 Å². The van der Waals surface area contributed by atoms with Gasteiger partial charge in [-0.25, -0.2) is 13.4 Å². The molecular weight excluding hydrogens is 392 g/mol. The van der Waals surface area contributed by atoms with Crippen molar-refractivity contribution in [2.45, 2.75) is 4.90 Å². The quantitative estimate of drug-likeness (QED) is 0.458. The number of benzene rings is 2. The van der Waals surface area contributed by atoms with Crippen LogP contribution >= 0.6 is 11.6 Å². The number of aliphatic hydroxyl groups is 1. The predicted molar refractivity (Wildman–Crippen MR) is 102 cm³/mol. The zero-order valence-electron chi connectivity index (χ0n) is 13.9. The first-order valence-electron chi connectivity index (χ1n) is 7.85. The van der Waals surface area contributed by atoms with Gasteiger partial charge in [-0.3, -0.25) is 4.79 Å². The number of halogens is 1. The number of aldehydes is 1. The van der Waals surface area contributed by atoms with E-state index < -0.39 is 16.4 Å². The van der Waals surface area contributed by atoms with Gasteiger partial charge in [-0.2, -0.15) is 0 Å². The SMILES string of the molecule is O=C/C(=C\Nc1ccc(S(=O)(=O)CCO)cc1)c1nc2cc(Cl)ccc2o1. The van der Waals surface area contributed by atoms with Gasteiger partial charge in [0.05, 0.1) is 22.8 Å². The fourth-order valence-electron chi connectivity index (χ4n) is 2.33. The lowest BCUT2D eigenvalue weighted by atomic mass is 10.3. The molecule has 0 amide bonds. The number of carbonyl (C=O) groups is 1. The Labute approximate surface area is 160 Å². The molecule has 0 aliphatic heterocycles. The number of anilines is 1. The fraction of sp³-hybridized carbons (Fsp3) is 0.111. The first kappa shape index (κ1) is 19.1. The highest BCUT2D eigenvalue weighted by molar-refractivity contribution is 7.91. The highest BCUT2D eigenvalue weighted by Gasteiger charge is 2.13. The summed E-state index contributed by atoms with van der Waals surface area (Å²) in [5, 5.41) is 12.2. The van der Waals surface area contributed by atoms with Crippen LogP contribution in [-0.4, -0.2) is 37.2 Å². The zero-order valence-corrected chi connectivity index (χ0v) is 15.5. The molecule has 2 N–H and O–H groups in total. The van der Waals surface area contributed by atoms with Crippen molar-refractivity contribution in [2.75, 3.05) is 17.7 Å². The Bertz CT molecular complexity index is 1100. The molecule has 0 aliphatic carbocycles. The molecule has 7 nitrogen and oxygen atoms in total. The number of carbonyl (C=O) groups excluding carboxylic acids is 1. The second-order valence-electron chi connectivity index (χ2n) is 5.56. The number of nitrogens with zero attached hydrogens (tertiary/aromatic N) is 1. The maximum Gasteiger partial charge on any atom is 0.232 e. The molecule has 3 rings (SSSR count). The topological polar surface area (TPSA) is 110 Å². The van der Waals surface area contributed by atoms with Gasteiger partial charge in [0.25, 0.3) is 0 Å². The van der Waals surface area contributed by atoms with Gasteiger partial charge in [-0.1, -0.05) is 11.6 Å². The Morgan fingerprint density at radius 2 is 1.96 bits per heavy atom. The van der Waals surface area contributed by atoms with Gasteiger partial charge in [0.15, 0.2) is 21.7 Å². The minimum Gasteiger partial charge on any atom is -0.436 e. The van der Waals surface area contributed by atoms with Crippen LogP contribution in [0.1, 0.15) is 5.89 Å². The van der Waals surface area contributed by atoms with Crippen molar-refractivity contribution < 1.29 is 22.7 Å². The predicted octanol–water partition coefficient (Wildman–Crippen LogP) is 2.90. The van der Waals surface area contributed by atoms with Gasteiger partial charge < -0.3 is 14.8 Å². The summed E-state index contributed by atoms with van der Waals surface area (Å²) in [5.74, 6) is -0.201. The Hall–Kier alpha value is -2.68. The molecule has 0 fully saturated rings. The average Bonchev–Trinajstić information content (AvgIpc) is 3.05. The third kappa shape index (κ3) is 4.36. The molecule has 0 unspecified atom stereocenters. The number of rotatable bonds is 7. The number of fused-ring (bicyclic) bond motifs is 1. The van der Waals surface area contributed by atoms with Gasteiger partial charge in [0.2, 0.25) is 5.89 Å². The van der Waals surface area contributed by atoms with E-state index >= 15 is 0 Å². The number of allylic oxidation sites excluding steroid dienone is 1. The van der Waals surface area contributed by atoms with Crippen molar-refractivity contribution in [2.24, 2.45) is 0 Å². The second-order valence-corrected chi connectivity index (χ2v) is 8.11. The molecule has 0 spiro atoms. The molecule has 0 bridgehead atoms. The van der Waals surface area contributed by atoms with Crippen molar-refractivity contribution in [1.82, 2.24) is 4.98 Å². The van der Waals surface area contributed by atoms with Crippen LogP contribution in [0.5, 0.6) is 0 Å². The Morgan fingerprint density at radius 3 is 2.63 bits per heavy atom. The fourth-order valence-corrected chi connectivity index (χ4v) is 3.52. The highest BCUT2D eigenvalue weighted by atomic mass is 35.5. The molecule has 2 aromatic carbocycles. The largest absolute Gasteiger partial charge is 0.436 e. The van der Waals surface area contributed by atoms with Crippen molar-refractivity contribution >= 4 is 50.1 Å². The third-order valence-corrected chi connectivity index (χ3v) is 5.64. The molecule has 140 valence electrons. The average molecular weight is 407 g/mol. The minimum absolute atomic E-state index is 0.109. The van der Waals surface area contributed by atoms with E-state index in [1.807, 2.05) is 0 Å². The molecule has 0 atom stereocenters. The summed E-state index contributed by atoms with van der Waals surface area (Å²) in [6.07, 6.45) is 2.01. The molecule has 27 heavy (non-hydrogen) atoms. The first-order chi connectivity index (χ1) is 12.9. The monoisotopic (exact) mass is 406 g/mol. The molecule has 0 saturated carbocycles. The number of hydrogen-bond acceptors (Lipinski definition) is 7. The third-order valence-electron chi connectivity index (χ3n) is 3.69. The summed E-state index contributed by atoms with van der Waals surface area (Å²) in [6.45, 7) is -0.441. The van der Waals surface area contributed by atoms with E-state index in [1.54, 1.807) is 30.3 Å². The Morgan fingerprint density at radius 1 is 1.22 bits per heavy atom.